The van der Waals surface area contributed by atoms with E-state index in [0.717, 1.165) is 42.5 Å². The quantitative estimate of drug-likeness (QED) is 0.537. The zero-order valence-electron chi connectivity index (χ0n) is 16.3. The standard InChI is InChI=1S/C20H27N7O/c1-12-3-8-16(28)13(9-12)10-22-18-17-19(27(2)11-23-17)26-20(25-18)24-15-6-4-14(21)5-7-15/h3,8-9,11,14-15,28H,4-7,10,21H2,1-2H3,(H2,22,24,25,26). The van der Waals surface area contributed by atoms with E-state index in [0.29, 0.717) is 35.9 Å². The molecule has 0 radical (unpaired) electrons. The molecule has 4 rings (SSSR count). The number of phenolic OH excluding ortho intramolecular Hbond substituents is 1. The molecule has 0 aliphatic heterocycles. The Morgan fingerprint density at radius 3 is 2.79 bits per heavy atom. The average molecular weight is 381 g/mol. The predicted molar refractivity (Wildman–Crippen MR) is 110 cm³/mol. The topological polar surface area (TPSA) is 114 Å². The van der Waals surface area contributed by atoms with Crippen molar-refractivity contribution in [2.75, 3.05) is 10.6 Å². The summed E-state index contributed by atoms with van der Waals surface area (Å²) in [5, 5.41) is 16.9. The molecule has 148 valence electrons. The predicted octanol–water partition coefficient (Wildman–Crippen LogP) is 2.67. The van der Waals surface area contributed by atoms with Crippen LogP contribution >= 0.6 is 0 Å². The van der Waals surface area contributed by atoms with Crippen molar-refractivity contribution in [3.05, 3.63) is 35.7 Å². The van der Waals surface area contributed by atoms with Crippen molar-refractivity contribution in [1.29, 1.82) is 0 Å². The van der Waals surface area contributed by atoms with Gasteiger partial charge in [0.2, 0.25) is 5.95 Å². The monoisotopic (exact) mass is 381 g/mol. The summed E-state index contributed by atoms with van der Waals surface area (Å²) in [4.78, 5) is 13.8. The van der Waals surface area contributed by atoms with Crippen molar-refractivity contribution in [2.45, 2.75) is 51.2 Å². The number of imidazole rings is 1. The number of benzene rings is 1. The average Bonchev–Trinajstić information content (AvgIpc) is 3.05. The molecule has 2 heterocycles. The molecule has 1 saturated carbocycles. The molecule has 1 aliphatic rings. The highest BCUT2D eigenvalue weighted by molar-refractivity contribution is 5.84. The van der Waals surface area contributed by atoms with Gasteiger partial charge in [0.15, 0.2) is 17.0 Å². The Bertz CT molecular complexity index is 976. The smallest absolute Gasteiger partial charge is 0.227 e. The number of hydrogen-bond donors (Lipinski definition) is 4. The van der Waals surface area contributed by atoms with E-state index >= 15 is 0 Å². The summed E-state index contributed by atoms with van der Waals surface area (Å²) >= 11 is 0. The van der Waals surface area contributed by atoms with Gasteiger partial charge in [-0.05, 0) is 38.7 Å². The molecule has 1 fully saturated rings. The summed E-state index contributed by atoms with van der Waals surface area (Å²) in [5.74, 6) is 1.51. The van der Waals surface area contributed by atoms with Gasteiger partial charge in [0.05, 0.1) is 6.33 Å². The molecule has 1 aromatic carbocycles. The van der Waals surface area contributed by atoms with Gasteiger partial charge < -0.3 is 26.0 Å². The van der Waals surface area contributed by atoms with Crippen molar-refractivity contribution < 1.29 is 5.11 Å². The van der Waals surface area contributed by atoms with E-state index in [9.17, 15) is 5.11 Å². The van der Waals surface area contributed by atoms with Crippen LogP contribution in [0.1, 0.15) is 36.8 Å². The number of rotatable bonds is 5. The van der Waals surface area contributed by atoms with E-state index in [1.807, 2.05) is 30.7 Å². The largest absolute Gasteiger partial charge is 0.508 e. The Morgan fingerprint density at radius 2 is 2.00 bits per heavy atom. The first-order chi connectivity index (χ1) is 13.5. The zero-order valence-corrected chi connectivity index (χ0v) is 16.3. The molecule has 0 atom stereocenters. The van der Waals surface area contributed by atoms with Crippen LogP contribution in [0.4, 0.5) is 11.8 Å². The second-order valence-electron chi connectivity index (χ2n) is 7.67. The van der Waals surface area contributed by atoms with Crippen molar-refractivity contribution in [2.24, 2.45) is 12.8 Å². The summed E-state index contributed by atoms with van der Waals surface area (Å²) < 4.78 is 1.88. The number of anilines is 2. The molecule has 8 heteroatoms. The summed E-state index contributed by atoms with van der Waals surface area (Å²) in [6.07, 6.45) is 5.81. The molecule has 1 aliphatic carbocycles. The van der Waals surface area contributed by atoms with Crippen LogP contribution in [0.5, 0.6) is 5.75 Å². The zero-order chi connectivity index (χ0) is 19.7. The normalized spacial score (nSPS) is 19.7. The molecule has 2 aromatic heterocycles. The third-order valence-corrected chi connectivity index (χ3v) is 5.35. The lowest BCUT2D eigenvalue weighted by molar-refractivity contribution is 0.410. The van der Waals surface area contributed by atoms with Gasteiger partial charge in [0.25, 0.3) is 0 Å². The van der Waals surface area contributed by atoms with Crippen LogP contribution in [-0.2, 0) is 13.6 Å². The van der Waals surface area contributed by atoms with E-state index in [4.69, 9.17) is 5.73 Å². The van der Waals surface area contributed by atoms with Crippen LogP contribution in [0, 0.1) is 6.92 Å². The molecule has 28 heavy (non-hydrogen) atoms. The van der Waals surface area contributed by atoms with Crippen LogP contribution in [0.15, 0.2) is 24.5 Å². The first-order valence-corrected chi connectivity index (χ1v) is 9.73. The van der Waals surface area contributed by atoms with Gasteiger partial charge in [-0.1, -0.05) is 17.7 Å². The number of aromatic hydroxyl groups is 1. The Labute approximate surface area is 164 Å². The lowest BCUT2D eigenvalue weighted by atomic mass is 9.92. The highest BCUT2D eigenvalue weighted by atomic mass is 16.3. The van der Waals surface area contributed by atoms with Gasteiger partial charge in [0, 0.05) is 31.2 Å². The summed E-state index contributed by atoms with van der Waals surface area (Å²) in [7, 11) is 1.92. The second-order valence-corrected chi connectivity index (χ2v) is 7.67. The molecule has 0 spiro atoms. The summed E-state index contributed by atoms with van der Waals surface area (Å²) in [6.45, 7) is 2.45. The van der Waals surface area contributed by atoms with Crippen molar-refractivity contribution >= 4 is 22.9 Å². The SMILES string of the molecule is Cc1ccc(O)c(CNc2nc(NC3CCC(N)CC3)nc3c2ncn3C)c1. The van der Waals surface area contributed by atoms with Gasteiger partial charge in [0.1, 0.15) is 5.75 Å². The number of fused-ring (bicyclic) bond motifs is 1. The maximum Gasteiger partial charge on any atom is 0.227 e. The van der Waals surface area contributed by atoms with Crippen molar-refractivity contribution in [1.82, 2.24) is 19.5 Å². The van der Waals surface area contributed by atoms with E-state index in [-0.39, 0.29) is 5.75 Å². The molecule has 5 N–H and O–H groups in total. The third kappa shape index (κ3) is 3.87. The van der Waals surface area contributed by atoms with Crippen LogP contribution in [0.25, 0.3) is 11.2 Å². The first kappa shape index (κ1) is 18.5. The maximum absolute atomic E-state index is 10.1. The van der Waals surface area contributed by atoms with Gasteiger partial charge in [-0.2, -0.15) is 9.97 Å². The van der Waals surface area contributed by atoms with Gasteiger partial charge >= 0.3 is 0 Å². The second kappa shape index (κ2) is 7.63. The Kier molecular flexibility index (Phi) is 5.04. The van der Waals surface area contributed by atoms with Crippen LogP contribution in [0.2, 0.25) is 0 Å². The number of nitrogens with zero attached hydrogens (tertiary/aromatic N) is 4. The van der Waals surface area contributed by atoms with E-state index in [2.05, 4.69) is 25.6 Å². The van der Waals surface area contributed by atoms with Crippen LogP contribution in [-0.4, -0.2) is 36.7 Å². The molecule has 0 amide bonds. The minimum atomic E-state index is 0.265. The van der Waals surface area contributed by atoms with Crippen molar-refractivity contribution in [3.8, 4) is 5.75 Å². The van der Waals surface area contributed by atoms with Gasteiger partial charge in [-0.3, -0.25) is 0 Å². The fourth-order valence-electron chi connectivity index (χ4n) is 3.68. The lowest BCUT2D eigenvalue weighted by Crippen LogP contribution is -2.33. The summed E-state index contributed by atoms with van der Waals surface area (Å²) in [6, 6.07) is 6.20. The highest BCUT2D eigenvalue weighted by Gasteiger charge is 2.20. The van der Waals surface area contributed by atoms with Gasteiger partial charge in [-0.15, -0.1) is 0 Å². The number of nitrogens with two attached hydrogens (primary N) is 1. The molecule has 0 unspecified atom stereocenters. The Morgan fingerprint density at radius 1 is 1.21 bits per heavy atom. The van der Waals surface area contributed by atoms with E-state index in [1.54, 1.807) is 12.4 Å². The van der Waals surface area contributed by atoms with E-state index in [1.165, 1.54) is 0 Å². The van der Waals surface area contributed by atoms with Gasteiger partial charge in [-0.25, -0.2) is 4.98 Å². The van der Waals surface area contributed by atoms with Crippen molar-refractivity contribution in [3.63, 3.8) is 0 Å². The van der Waals surface area contributed by atoms with E-state index < -0.39 is 0 Å². The number of aromatic nitrogens is 4. The number of hydrogen-bond acceptors (Lipinski definition) is 7. The number of aryl methyl sites for hydroxylation is 2. The first-order valence-electron chi connectivity index (χ1n) is 9.73. The number of nitrogens with one attached hydrogen (secondary N) is 2. The third-order valence-electron chi connectivity index (χ3n) is 5.35. The summed E-state index contributed by atoms with van der Waals surface area (Å²) in [5.41, 5.74) is 9.40. The molecular weight excluding hydrogens is 354 g/mol. The highest BCUT2D eigenvalue weighted by Crippen LogP contribution is 2.25. The fourth-order valence-corrected chi connectivity index (χ4v) is 3.68. The minimum Gasteiger partial charge on any atom is -0.508 e. The molecule has 0 bridgehead atoms. The molecule has 3 aromatic rings. The number of phenols is 1. The minimum absolute atomic E-state index is 0.265. The molecule has 0 saturated heterocycles. The Balaban J connectivity index is 1.58. The Hall–Kier alpha value is -2.87. The van der Waals surface area contributed by atoms with Crippen LogP contribution in [0.3, 0.4) is 0 Å². The fraction of sp³-hybridized carbons (Fsp3) is 0.450. The van der Waals surface area contributed by atoms with Crippen LogP contribution < -0.4 is 16.4 Å². The molecular formula is C20H27N7O. The molecule has 8 nitrogen and oxygen atoms in total. The lowest BCUT2D eigenvalue weighted by Gasteiger charge is -2.26. The maximum atomic E-state index is 10.1.